The molecule has 1 aromatic rings. The standard InChI is InChI=1S/C13H18N2O2S/c16-13(14-11-3-5-17-8-11)15(12-1-2-12)7-10-4-6-18-9-10/h4,6,9,11-12H,1-3,5,7-8H2,(H,14,16). The van der Waals surface area contributed by atoms with Gasteiger partial charge in [-0.15, -0.1) is 0 Å². The molecule has 2 amide bonds. The van der Waals surface area contributed by atoms with Crippen LogP contribution in [-0.2, 0) is 11.3 Å². The van der Waals surface area contributed by atoms with Crippen LogP contribution in [0.5, 0.6) is 0 Å². The van der Waals surface area contributed by atoms with Gasteiger partial charge in [0.2, 0.25) is 0 Å². The lowest BCUT2D eigenvalue weighted by Gasteiger charge is -2.24. The van der Waals surface area contributed by atoms with Crippen molar-refractivity contribution < 1.29 is 9.53 Å². The Hall–Kier alpha value is -1.07. The quantitative estimate of drug-likeness (QED) is 0.908. The summed E-state index contributed by atoms with van der Waals surface area (Å²) in [6.07, 6.45) is 3.21. The molecule has 2 heterocycles. The van der Waals surface area contributed by atoms with Crippen molar-refractivity contribution in [2.45, 2.75) is 37.9 Å². The Bertz CT molecular complexity index is 397. The Morgan fingerprint density at radius 1 is 1.50 bits per heavy atom. The van der Waals surface area contributed by atoms with E-state index in [1.54, 1.807) is 11.3 Å². The van der Waals surface area contributed by atoms with Gasteiger partial charge in [-0.25, -0.2) is 4.79 Å². The van der Waals surface area contributed by atoms with Gasteiger partial charge in [-0.05, 0) is 41.7 Å². The molecule has 1 N–H and O–H groups in total. The molecule has 1 saturated carbocycles. The predicted octanol–water partition coefficient (Wildman–Crippen LogP) is 2.21. The molecule has 1 aliphatic heterocycles. The van der Waals surface area contributed by atoms with Crippen molar-refractivity contribution >= 4 is 17.4 Å². The molecule has 2 fully saturated rings. The van der Waals surface area contributed by atoms with E-state index in [9.17, 15) is 4.79 Å². The van der Waals surface area contributed by atoms with Gasteiger partial charge in [-0.1, -0.05) is 0 Å². The van der Waals surface area contributed by atoms with Crippen LogP contribution in [-0.4, -0.2) is 36.2 Å². The second-order valence-corrected chi connectivity index (χ2v) is 5.78. The highest BCUT2D eigenvalue weighted by atomic mass is 32.1. The first-order chi connectivity index (χ1) is 8.83. The van der Waals surface area contributed by atoms with Crippen molar-refractivity contribution in [1.82, 2.24) is 10.2 Å². The number of nitrogens with zero attached hydrogens (tertiary/aromatic N) is 1. The van der Waals surface area contributed by atoms with Crippen molar-refractivity contribution in [3.05, 3.63) is 22.4 Å². The number of carbonyl (C=O) groups excluding carboxylic acids is 1. The number of amides is 2. The molecule has 0 aromatic carbocycles. The fourth-order valence-electron chi connectivity index (χ4n) is 2.24. The zero-order valence-electron chi connectivity index (χ0n) is 10.3. The summed E-state index contributed by atoms with van der Waals surface area (Å²) < 4.78 is 5.29. The first kappa shape index (κ1) is 12.0. The van der Waals surface area contributed by atoms with Gasteiger partial charge >= 0.3 is 6.03 Å². The van der Waals surface area contributed by atoms with Crippen LogP contribution < -0.4 is 5.32 Å². The lowest BCUT2D eigenvalue weighted by Crippen LogP contribution is -2.45. The Kier molecular flexibility index (Phi) is 3.52. The largest absolute Gasteiger partial charge is 0.379 e. The minimum atomic E-state index is 0.0687. The van der Waals surface area contributed by atoms with E-state index < -0.39 is 0 Å². The molecular formula is C13H18N2O2S. The number of nitrogens with one attached hydrogen (secondary N) is 1. The summed E-state index contributed by atoms with van der Waals surface area (Å²) in [6.45, 7) is 2.15. The molecule has 4 nitrogen and oxygen atoms in total. The molecule has 98 valence electrons. The Morgan fingerprint density at radius 2 is 2.39 bits per heavy atom. The second-order valence-electron chi connectivity index (χ2n) is 5.00. The first-order valence-electron chi connectivity index (χ1n) is 6.49. The molecule has 1 saturated heterocycles. The van der Waals surface area contributed by atoms with E-state index in [0.29, 0.717) is 12.6 Å². The fraction of sp³-hybridized carbons (Fsp3) is 0.615. The Morgan fingerprint density at radius 3 is 3.00 bits per heavy atom. The molecule has 2 aliphatic rings. The number of carbonyl (C=O) groups is 1. The topological polar surface area (TPSA) is 41.6 Å². The smallest absolute Gasteiger partial charge is 0.318 e. The predicted molar refractivity (Wildman–Crippen MR) is 70.6 cm³/mol. The van der Waals surface area contributed by atoms with Crippen LogP contribution in [0.25, 0.3) is 0 Å². The minimum absolute atomic E-state index is 0.0687. The molecule has 0 bridgehead atoms. The normalized spacial score (nSPS) is 23.0. The third-order valence-corrected chi connectivity index (χ3v) is 4.17. The number of rotatable bonds is 4. The molecule has 1 aliphatic carbocycles. The van der Waals surface area contributed by atoms with Crippen LogP contribution in [0.2, 0.25) is 0 Å². The molecule has 1 aromatic heterocycles. The lowest BCUT2D eigenvalue weighted by atomic mass is 10.2. The van der Waals surface area contributed by atoms with Crippen molar-refractivity contribution in [2.75, 3.05) is 13.2 Å². The minimum Gasteiger partial charge on any atom is -0.379 e. The van der Waals surface area contributed by atoms with E-state index in [4.69, 9.17) is 4.74 Å². The highest BCUT2D eigenvalue weighted by molar-refractivity contribution is 7.07. The summed E-state index contributed by atoms with van der Waals surface area (Å²) >= 11 is 1.68. The molecule has 0 spiro atoms. The number of hydrogen-bond donors (Lipinski definition) is 1. The number of hydrogen-bond acceptors (Lipinski definition) is 3. The maximum absolute atomic E-state index is 12.3. The van der Waals surface area contributed by atoms with Gasteiger partial charge in [0.25, 0.3) is 0 Å². The first-order valence-corrected chi connectivity index (χ1v) is 7.43. The summed E-state index contributed by atoms with van der Waals surface area (Å²) in [5, 5.41) is 7.25. The van der Waals surface area contributed by atoms with E-state index in [2.05, 4.69) is 22.1 Å². The molecule has 0 radical (unpaired) electrons. The van der Waals surface area contributed by atoms with Gasteiger partial charge in [0, 0.05) is 19.2 Å². The van der Waals surface area contributed by atoms with Crippen LogP contribution in [0, 0.1) is 0 Å². The van der Waals surface area contributed by atoms with Gasteiger partial charge < -0.3 is 15.0 Å². The maximum atomic E-state index is 12.3. The van der Waals surface area contributed by atoms with E-state index in [1.165, 1.54) is 5.56 Å². The van der Waals surface area contributed by atoms with Gasteiger partial charge in [0.1, 0.15) is 0 Å². The van der Waals surface area contributed by atoms with Gasteiger partial charge in [0.05, 0.1) is 12.6 Å². The SMILES string of the molecule is O=C(NC1CCOC1)N(Cc1ccsc1)C1CC1. The van der Waals surface area contributed by atoms with Crippen molar-refractivity contribution in [3.63, 3.8) is 0 Å². The van der Waals surface area contributed by atoms with Crippen molar-refractivity contribution in [3.8, 4) is 0 Å². The van der Waals surface area contributed by atoms with Crippen LogP contribution >= 0.6 is 11.3 Å². The number of thiophene rings is 1. The highest BCUT2D eigenvalue weighted by Crippen LogP contribution is 2.29. The molecule has 3 rings (SSSR count). The number of ether oxygens (including phenoxy) is 1. The van der Waals surface area contributed by atoms with E-state index >= 15 is 0 Å². The average Bonchev–Trinajstić information content (AvgIpc) is 2.87. The fourth-order valence-corrected chi connectivity index (χ4v) is 2.90. The summed E-state index contributed by atoms with van der Waals surface area (Å²) in [7, 11) is 0. The molecule has 5 heteroatoms. The van der Waals surface area contributed by atoms with E-state index in [0.717, 1.165) is 32.4 Å². The van der Waals surface area contributed by atoms with E-state index in [1.807, 2.05) is 4.90 Å². The zero-order chi connectivity index (χ0) is 12.4. The van der Waals surface area contributed by atoms with E-state index in [-0.39, 0.29) is 12.1 Å². The van der Waals surface area contributed by atoms with Crippen molar-refractivity contribution in [2.24, 2.45) is 0 Å². The molecule has 18 heavy (non-hydrogen) atoms. The molecule has 1 unspecified atom stereocenters. The van der Waals surface area contributed by atoms with Gasteiger partial charge in [0.15, 0.2) is 0 Å². The molecular weight excluding hydrogens is 248 g/mol. The van der Waals surface area contributed by atoms with Gasteiger partial charge in [-0.2, -0.15) is 11.3 Å². The van der Waals surface area contributed by atoms with Crippen LogP contribution in [0.4, 0.5) is 4.79 Å². The van der Waals surface area contributed by atoms with Crippen molar-refractivity contribution in [1.29, 1.82) is 0 Å². The van der Waals surface area contributed by atoms with Crippen LogP contribution in [0.15, 0.2) is 16.8 Å². The Labute approximate surface area is 111 Å². The summed E-state index contributed by atoms with van der Waals surface area (Å²) in [5.74, 6) is 0. The third-order valence-electron chi connectivity index (χ3n) is 3.44. The van der Waals surface area contributed by atoms with Crippen LogP contribution in [0.3, 0.4) is 0 Å². The highest BCUT2D eigenvalue weighted by Gasteiger charge is 2.33. The van der Waals surface area contributed by atoms with Gasteiger partial charge in [-0.3, -0.25) is 0 Å². The maximum Gasteiger partial charge on any atom is 0.318 e. The Balaban J connectivity index is 1.60. The molecule has 1 atom stereocenters. The third kappa shape index (κ3) is 2.84. The monoisotopic (exact) mass is 266 g/mol. The summed E-state index contributed by atoms with van der Waals surface area (Å²) in [5.41, 5.74) is 1.23. The van der Waals surface area contributed by atoms with Crippen LogP contribution in [0.1, 0.15) is 24.8 Å². The average molecular weight is 266 g/mol. The zero-order valence-corrected chi connectivity index (χ0v) is 11.1. The summed E-state index contributed by atoms with van der Waals surface area (Å²) in [6, 6.07) is 2.79. The lowest BCUT2D eigenvalue weighted by molar-refractivity contribution is 0.174. The number of urea groups is 1. The second kappa shape index (κ2) is 5.28. The summed E-state index contributed by atoms with van der Waals surface area (Å²) in [4.78, 5) is 14.2.